The molecule has 0 saturated carbocycles. The van der Waals surface area contributed by atoms with Crippen LogP contribution in [0.3, 0.4) is 0 Å². The minimum atomic E-state index is 0.152. The zero-order chi connectivity index (χ0) is 14.4. The molecule has 1 aromatic carbocycles. The van der Waals surface area contributed by atoms with Gasteiger partial charge in [0.15, 0.2) is 11.5 Å². The second kappa shape index (κ2) is 7.75. The van der Waals surface area contributed by atoms with Gasteiger partial charge in [-0.2, -0.15) is 0 Å². The van der Waals surface area contributed by atoms with Crippen LogP contribution in [0.4, 0.5) is 0 Å². The lowest BCUT2D eigenvalue weighted by Crippen LogP contribution is -2.27. The van der Waals surface area contributed by atoms with Gasteiger partial charge in [-0.3, -0.25) is 0 Å². The summed E-state index contributed by atoms with van der Waals surface area (Å²) in [6.07, 6.45) is 2.39. The second-order valence-electron chi connectivity index (χ2n) is 5.16. The third-order valence-electron chi connectivity index (χ3n) is 3.42. The Morgan fingerprint density at radius 3 is 2.63 bits per heavy atom. The molecule has 0 spiro atoms. The van der Waals surface area contributed by atoms with E-state index in [2.05, 4.69) is 42.0 Å². The van der Waals surface area contributed by atoms with E-state index in [4.69, 9.17) is 4.74 Å². The molecule has 0 saturated heterocycles. The lowest BCUT2D eigenvalue weighted by Gasteiger charge is -2.18. The maximum Gasteiger partial charge on any atom is 0.172 e. The maximum absolute atomic E-state index is 9.76. The molecule has 108 valence electrons. The highest BCUT2D eigenvalue weighted by Gasteiger charge is 2.10. The number of ether oxygens (including phenoxy) is 1. The van der Waals surface area contributed by atoms with Crippen molar-refractivity contribution in [2.45, 2.75) is 46.2 Å². The van der Waals surface area contributed by atoms with Gasteiger partial charge in [0.2, 0.25) is 0 Å². The number of phenolic OH excluding ortho intramolecular Hbond substituents is 1. The van der Waals surface area contributed by atoms with Gasteiger partial charge in [-0.25, -0.2) is 0 Å². The van der Waals surface area contributed by atoms with Crippen molar-refractivity contribution in [3.63, 3.8) is 0 Å². The van der Waals surface area contributed by atoms with Crippen molar-refractivity contribution in [2.75, 3.05) is 7.11 Å². The lowest BCUT2D eigenvalue weighted by molar-refractivity contribution is 0.370. The highest BCUT2D eigenvalue weighted by Crippen LogP contribution is 2.35. The molecule has 2 atom stereocenters. The van der Waals surface area contributed by atoms with Crippen molar-refractivity contribution in [2.24, 2.45) is 5.92 Å². The van der Waals surface area contributed by atoms with Gasteiger partial charge in [-0.1, -0.05) is 20.3 Å². The largest absolute Gasteiger partial charge is 0.503 e. The Kier molecular flexibility index (Phi) is 6.66. The minimum absolute atomic E-state index is 0.152. The predicted octanol–water partition coefficient (Wildman–Crippen LogP) is 4.08. The Morgan fingerprint density at radius 2 is 2.05 bits per heavy atom. The van der Waals surface area contributed by atoms with Crippen LogP contribution in [0.25, 0.3) is 0 Å². The average Bonchev–Trinajstić information content (AvgIpc) is 2.39. The Labute approximate surface area is 124 Å². The first-order valence-corrected chi connectivity index (χ1v) is 7.55. The molecular formula is C15H24BrNO2. The van der Waals surface area contributed by atoms with Crippen LogP contribution in [0.15, 0.2) is 16.6 Å². The summed E-state index contributed by atoms with van der Waals surface area (Å²) < 4.78 is 5.81. The molecule has 0 amide bonds. The van der Waals surface area contributed by atoms with Crippen molar-refractivity contribution in [1.82, 2.24) is 5.32 Å². The minimum Gasteiger partial charge on any atom is -0.503 e. The number of halogens is 1. The first kappa shape index (κ1) is 16.3. The van der Waals surface area contributed by atoms with Crippen LogP contribution in [-0.4, -0.2) is 18.3 Å². The molecule has 0 fully saturated rings. The van der Waals surface area contributed by atoms with E-state index in [0.29, 0.717) is 16.3 Å². The first-order valence-electron chi connectivity index (χ1n) is 6.76. The Balaban J connectivity index is 2.60. The maximum atomic E-state index is 9.76. The molecule has 0 bridgehead atoms. The van der Waals surface area contributed by atoms with Crippen LogP contribution in [-0.2, 0) is 6.54 Å². The van der Waals surface area contributed by atoms with Gasteiger partial charge >= 0.3 is 0 Å². The van der Waals surface area contributed by atoms with Crippen molar-refractivity contribution < 1.29 is 9.84 Å². The fraction of sp³-hybridized carbons (Fsp3) is 0.600. The molecule has 0 aliphatic rings. The van der Waals surface area contributed by atoms with E-state index in [1.165, 1.54) is 12.8 Å². The van der Waals surface area contributed by atoms with E-state index >= 15 is 0 Å². The van der Waals surface area contributed by atoms with Crippen LogP contribution >= 0.6 is 15.9 Å². The summed E-state index contributed by atoms with van der Waals surface area (Å²) in [5.41, 5.74) is 1.09. The standard InChI is InChI=1S/C15H24BrNO2/c1-5-10(2)6-11(3)17-9-12-7-13(16)15(18)14(8-12)19-4/h7-8,10-11,17-18H,5-6,9H2,1-4H3. The van der Waals surface area contributed by atoms with Gasteiger partial charge in [-0.05, 0) is 52.9 Å². The van der Waals surface area contributed by atoms with Crippen molar-refractivity contribution in [3.8, 4) is 11.5 Å². The number of benzene rings is 1. The van der Waals surface area contributed by atoms with E-state index < -0.39 is 0 Å². The Morgan fingerprint density at radius 1 is 1.37 bits per heavy atom. The van der Waals surface area contributed by atoms with E-state index in [0.717, 1.165) is 18.0 Å². The first-order chi connectivity index (χ1) is 8.97. The summed E-state index contributed by atoms with van der Waals surface area (Å²) in [5.74, 6) is 1.39. The van der Waals surface area contributed by atoms with Gasteiger partial charge in [0, 0.05) is 12.6 Å². The monoisotopic (exact) mass is 329 g/mol. The quantitative estimate of drug-likeness (QED) is 0.792. The molecule has 2 unspecified atom stereocenters. The lowest BCUT2D eigenvalue weighted by atomic mass is 10.0. The normalized spacial score (nSPS) is 14.2. The van der Waals surface area contributed by atoms with Crippen LogP contribution < -0.4 is 10.1 Å². The van der Waals surface area contributed by atoms with Crippen LogP contribution in [0.1, 0.15) is 39.2 Å². The number of rotatable bonds is 7. The summed E-state index contributed by atoms with van der Waals surface area (Å²) in [4.78, 5) is 0. The van der Waals surface area contributed by atoms with Crippen LogP contribution in [0.5, 0.6) is 11.5 Å². The number of phenols is 1. The molecule has 0 aliphatic heterocycles. The smallest absolute Gasteiger partial charge is 0.172 e. The van der Waals surface area contributed by atoms with E-state index in [9.17, 15) is 5.11 Å². The van der Waals surface area contributed by atoms with Crippen LogP contribution in [0.2, 0.25) is 0 Å². The number of hydrogen-bond donors (Lipinski definition) is 2. The fourth-order valence-electron chi connectivity index (χ4n) is 2.03. The SMILES string of the molecule is CCC(C)CC(C)NCc1cc(Br)c(O)c(OC)c1. The highest BCUT2D eigenvalue weighted by atomic mass is 79.9. The topological polar surface area (TPSA) is 41.5 Å². The predicted molar refractivity (Wildman–Crippen MR) is 82.7 cm³/mol. The van der Waals surface area contributed by atoms with Gasteiger partial charge in [-0.15, -0.1) is 0 Å². The second-order valence-corrected chi connectivity index (χ2v) is 6.01. The van der Waals surface area contributed by atoms with Crippen molar-refractivity contribution >= 4 is 15.9 Å². The van der Waals surface area contributed by atoms with Gasteiger partial charge < -0.3 is 15.2 Å². The molecule has 1 rings (SSSR count). The fourth-order valence-corrected chi connectivity index (χ4v) is 2.52. The molecule has 3 nitrogen and oxygen atoms in total. The highest BCUT2D eigenvalue weighted by molar-refractivity contribution is 9.10. The molecule has 1 aromatic rings. The van der Waals surface area contributed by atoms with Crippen LogP contribution in [0, 0.1) is 5.92 Å². The molecule has 0 heterocycles. The van der Waals surface area contributed by atoms with E-state index in [-0.39, 0.29) is 5.75 Å². The molecule has 2 N–H and O–H groups in total. The Hall–Kier alpha value is -0.740. The number of hydrogen-bond acceptors (Lipinski definition) is 3. The number of methoxy groups -OCH3 is 1. The molecule has 0 aromatic heterocycles. The average molecular weight is 330 g/mol. The van der Waals surface area contributed by atoms with E-state index in [1.807, 2.05) is 12.1 Å². The van der Waals surface area contributed by atoms with Gasteiger partial charge in [0.1, 0.15) is 0 Å². The third-order valence-corrected chi connectivity index (χ3v) is 4.02. The van der Waals surface area contributed by atoms with Gasteiger partial charge in [0.05, 0.1) is 11.6 Å². The molecule has 0 radical (unpaired) electrons. The number of nitrogens with one attached hydrogen (secondary N) is 1. The van der Waals surface area contributed by atoms with Crippen molar-refractivity contribution in [3.05, 3.63) is 22.2 Å². The summed E-state index contributed by atoms with van der Waals surface area (Å²) in [5, 5.41) is 13.3. The number of aromatic hydroxyl groups is 1. The molecule has 0 aliphatic carbocycles. The third kappa shape index (κ3) is 5.03. The summed E-state index contributed by atoms with van der Waals surface area (Å²) in [6, 6.07) is 4.26. The zero-order valence-corrected chi connectivity index (χ0v) is 13.8. The zero-order valence-electron chi connectivity index (χ0n) is 12.2. The summed E-state index contributed by atoms with van der Waals surface area (Å²) >= 11 is 3.34. The molecule has 4 heteroatoms. The summed E-state index contributed by atoms with van der Waals surface area (Å²) in [7, 11) is 1.56. The van der Waals surface area contributed by atoms with Gasteiger partial charge in [0.25, 0.3) is 0 Å². The molecule has 19 heavy (non-hydrogen) atoms. The van der Waals surface area contributed by atoms with E-state index in [1.54, 1.807) is 7.11 Å². The Bertz CT molecular complexity index is 409. The van der Waals surface area contributed by atoms with Crippen molar-refractivity contribution in [1.29, 1.82) is 0 Å². The molecular weight excluding hydrogens is 306 g/mol. The summed E-state index contributed by atoms with van der Waals surface area (Å²) in [6.45, 7) is 7.48.